The van der Waals surface area contributed by atoms with Crippen molar-refractivity contribution in [3.8, 4) is 0 Å². The van der Waals surface area contributed by atoms with Crippen LogP contribution in [0.5, 0.6) is 0 Å². The van der Waals surface area contributed by atoms with E-state index in [9.17, 15) is 0 Å². The quantitative estimate of drug-likeness (QED) is 0.793. The van der Waals surface area contributed by atoms with Crippen molar-refractivity contribution in [3.63, 3.8) is 0 Å². The van der Waals surface area contributed by atoms with Crippen molar-refractivity contribution in [1.82, 2.24) is 5.32 Å². The summed E-state index contributed by atoms with van der Waals surface area (Å²) < 4.78 is 0. The van der Waals surface area contributed by atoms with Crippen LogP contribution < -0.4 is 5.32 Å². The molecule has 0 bridgehead atoms. The molecule has 1 heterocycles. The lowest BCUT2D eigenvalue weighted by molar-refractivity contribution is 0.307. The van der Waals surface area contributed by atoms with Gasteiger partial charge in [0.25, 0.3) is 0 Å². The van der Waals surface area contributed by atoms with Crippen molar-refractivity contribution in [2.75, 3.05) is 0 Å². The standard InChI is InChI=1S/C19H25NS/c1-14-12-13-19(21-14)15(2)20-18-11-7-6-10-17(18)16-8-4-3-5-9-16/h3-5,8-9,12-13,15,17-18,20H,6-7,10-11H2,1-2H3. The van der Waals surface area contributed by atoms with Crippen LogP contribution in [0.15, 0.2) is 42.5 Å². The summed E-state index contributed by atoms with van der Waals surface area (Å²) in [5.41, 5.74) is 1.50. The largest absolute Gasteiger partial charge is 0.306 e. The maximum atomic E-state index is 3.91. The number of thiophene rings is 1. The van der Waals surface area contributed by atoms with E-state index in [4.69, 9.17) is 0 Å². The van der Waals surface area contributed by atoms with Crippen LogP contribution in [0.2, 0.25) is 0 Å². The number of aryl methyl sites for hydroxylation is 1. The molecule has 3 rings (SSSR count). The van der Waals surface area contributed by atoms with E-state index >= 15 is 0 Å². The minimum atomic E-state index is 0.456. The summed E-state index contributed by atoms with van der Waals surface area (Å²) in [6.45, 7) is 4.50. The highest BCUT2D eigenvalue weighted by Gasteiger charge is 2.27. The molecule has 1 aromatic carbocycles. The molecule has 2 heteroatoms. The molecule has 1 fully saturated rings. The van der Waals surface area contributed by atoms with Crippen molar-refractivity contribution >= 4 is 11.3 Å². The average Bonchev–Trinajstić information content (AvgIpc) is 2.95. The fourth-order valence-electron chi connectivity index (χ4n) is 3.52. The van der Waals surface area contributed by atoms with Gasteiger partial charge in [-0.25, -0.2) is 0 Å². The van der Waals surface area contributed by atoms with E-state index in [0.717, 1.165) is 0 Å². The van der Waals surface area contributed by atoms with Crippen molar-refractivity contribution in [2.45, 2.75) is 57.5 Å². The molecule has 21 heavy (non-hydrogen) atoms. The first kappa shape index (κ1) is 14.8. The lowest BCUT2D eigenvalue weighted by atomic mass is 9.79. The van der Waals surface area contributed by atoms with Crippen LogP contribution in [-0.4, -0.2) is 6.04 Å². The number of benzene rings is 1. The maximum absolute atomic E-state index is 3.91. The molecule has 1 aliphatic rings. The normalized spacial score (nSPS) is 23.9. The Balaban J connectivity index is 1.72. The zero-order chi connectivity index (χ0) is 14.7. The molecule has 0 amide bonds. The van der Waals surface area contributed by atoms with E-state index in [-0.39, 0.29) is 0 Å². The van der Waals surface area contributed by atoms with Crippen molar-refractivity contribution in [3.05, 3.63) is 57.8 Å². The monoisotopic (exact) mass is 299 g/mol. The minimum absolute atomic E-state index is 0.456. The Morgan fingerprint density at radius 3 is 2.52 bits per heavy atom. The fourth-order valence-corrected chi connectivity index (χ4v) is 4.41. The molecular formula is C19H25NS. The molecule has 3 atom stereocenters. The van der Waals surface area contributed by atoms with Crippen molar-refractivity contribution in [1.29, 1.82) is 0 Å². The van der Waals surface area contributed by atoms with Crippen molar-refractivity contribution in [2.24, 2.45) is 0 Å². The molecule has 1 N–H and O–H groups in total. The molecule has 1 aromatic heterocycles. The Morgan fingerprint density at radius 1 is 1.05 bits per heavy atom. The molecule has 1 saturated carbocycles. The summed E-state index contributed by atoms with van der Waals surface area (Å²) in [4.78, 5) is 2.87. The molecule has 1 nitrogen and oxygen atoms in total. The van der Waals surface area contributed by atoms with E-state index in [2.05, 4.69) is 61.6 Å². The Hall–Kier alpha value is -1.12. The topological polar surface area (TPSA) is 12.0 Å². The Kier molecular flexibility index (Phi) is 4.77. The second-order valence-corrected chi connectivity index (χ2v) is 7.56. The van der Waals surface area contributed by atoms with Gasteiger partial charge in [-0.05, 0) is 50.3 Å². The van der Waals surface area contributed by atoms with Crippen LogP contribution in [0.25, 0.3) is 0 Å². The highest BCUT2D eigenvalue weighted by atomic mass is 32.1. The summed E-state index contributed by atoms with van der Waals surface area (Å²) in [5.74, 6) is 0.670. The molecule has 3 unspecified atom stereocenters. The van der Waals surface area contributed by atoms with E-state index in [1.807, 2.05) is 11.3 Å². The third-order valence-corrected chi connectivity index (χ3v) is 5.83. The fraction of sp³-hybridized carbons (Fsp3) is 0.474. The van der Waals surface area contributed by atoms with Crippen LogP contribution in [0.3, 0.4) is 0 Å². The summed E-state index contributed by atoms with van der Waals surface area (Å²) in [7, 11) is 0. The lowest BCUT2D eigenvalue weighted by Crippen LogP contribution is -2.38. The molecule has 0 saturated heterocycles. The Labute approximate surface area is 132 Å². The molecule has 0 radical (unpaired) electrons. The summed E-state index contributed by atoms with van der Waals surface area (Å²) in [6.07, 6.45) is 5.34. The molecule has 112 valence electrons. The third kappa shape index (κ3) is 3.56. The van der Waals surface area contributed by atoms with Crippen LogP contribution in [-0.2, 0) is 0 Å². The molecule has 1 aliphatic carbocycles. The van der Waals surface area contributed by atoms with Crippen LogP contribution in [0.4, 0.5) is 0 Å². The zero-order valence-corrected chi connectivity index (χ0v) is 13.8. The smallest absolute Gasteiger partial charge is 0.0388 e. The zero-order valence-electron chi connectivity index (χ0n) is 13.0. The average molecular weight is 299 g/mol. The Morgan fingerprint density at radius 2 is 1.81 bits per heavy atom. The van der Waals surface area contributed by atoms with Gasteiger partial charge in [0.2, 0.25) is 0 Å². The number of hydrogen-bond donors (Lipinski definition) is 1. The van der Waals surface area contributed by atoms with Gasteiger partial charge in [0.05, 0.1) is 0 Å². The molecule has 0 spiro atoms. The first-order valence-corrected chi connectivity index (χ1v) is 8.93. The lowest BCUT2D eigenvalue weighted by Gasteiger charge is -2.34. The predicted octanol–water partition coefficient (Wildman–Crippen LogP) is 5.43. The number of nitrogens with one attached hydrogen (secondary N) is 1. The maximum Gasteiger partial charge on any atom is 0.0388 e. The molecule has 2 aromatic rings. The van der Waals surface area contributed by atoms with E-state index in [0.29, 0.717) is 18.0 Å². The van der Waals surface area contributed by atoms with Crippen LogP contribution in [0.1, 0.15) is 59.9 Å². The van der Waals surface area contributed by atoms with Crippen molar-refractivity contribution < 1.29 is 0 Å². The number of rotatable bonds is 4. The highest BCUT2D eigenvalue weighted by molar-refractivity contribution is 7.12. The SMILES string of the molecule is Cc1ccc(C(C)NC2CCCCC2c2ccccc2)s1. The number of hydrogen-bond acceptors (Lipinski definition) is 2. The van der Waals surface area contributed by atoms with Crippen LogP contribution in [0, 0.1) is 6.92 Å². The Bertz CT molecular complexity index is 560. The summed E-state index contributed by atoms with van der Waals surface area (Å²) in [6, 6.07) is 16.6. The second-order valence-electron chi connectivity index (χ2n) is 6.24. The van der Waals surface area contributed by atoms with Gasteiger partial charge in [-0.1, -0.05) is 43.2 Å². The highest BCUT2D eigenvalue weighted by Crippen LogP contribution is 2.35. The van der Waals surface area contributed by atoms with Gasteiger partial charge < -0.3 is 5.32 Å². The van der Waals surface area contributed by atoms with Gasteiger partial charge >= 0.3 is 0 Å². The van der Waals surface area contributed by atoms with E-state index in [1.165, 1.54) is 41.0 Å². The summed E-state index contributed by atoms with van der Waals surface area (Å²) in [5, 5.41) is 3.91. The van der Waals surface area contributed by atoms with Gasteiger partial charge in [0.15, 0.2) is 0 Å². The van der Waals surface area contributed by atoms with Gasteiger partial charge in [-0.15, -0.1) is 11.3 Å². The summed E-state index contributed by atoms with van der Waals surface area (Å²) >= 11 is 1.92. The van der Waals surface area contributed by atoms with E-state index < -0.39 is 0 Å². The predicted molar refractivity (Wildman–Crippen MR) is 92.0 cm³/mol. The van der Waals surface area contributed by atoms with Gasteiger partial charge in [-0.3, -0.25) is 0 Å². The van der Waals surface area contributed by atoms with E-state index in [1.54, 1.807) is 0 Å². The first-order valence-electron chi connectivity index (χ1n) is 8.11. The second kappa shape index (κ2) is 6.76. The van der Waals surface area contributed by atoms with Gasteiger partial charge in [-0.2, -0.15) is 0 Å². The third-order valence-electron chi connectivity index (χ3n) is 4.65. The van der Waals surface area contributed by atoms with Gasteiger partial charge in [0.1, 0.15) is 0 Å². The minimum Gasteiger partial charge on any atom is -0.306 e. The molecular weight excluding hydrogens is 274 g/mol. The van der Waals surface area contributed by atoms with Crippen LogP contribution >= 0.6 is 11.3 Å². The molecule has 0 aliphatic heterocycles. The first-order chi connectivity index (χ1) is 10.2. The van der Waals surface area contributed by atoms with Gasteiger partial charge in [0, 0.05) is 21.8 Å².